The number of carboxylic acid groups (broad SMARTS) is 1. The van der Waals surface area contributed by atoms with E-state index in [1.807, 2.05) is 11.6 Å². The molecule has 0 aliphatic carbocycles. The van der Waals surface area contributed by atoms with Gasteiger partial charge in [0.2, 0.25) is 0 Å². The number of aromatic nitrogens is 4. The number of carbonyl (C=O) groups is 1. The summed E-state index contributed by atoms with van der Waals surface area (Å²) in [5.41, 5.74) is 0.215. The molecule has 3 heterocycles. The molecule has 1 saturated heterocycles. The highest BCUT2D eigenvalue weighted by Gasteiger charge is 2.24. The number of nitrogens with zero attached hydrogens (tertiary/aromatic N) is 5. The van der Waals surface area contributed by atoms with Crippen molar-refractivity contribution in [2.24, 2.45) is 7.05 Å². The van der Waals surface area contributed by atoms with Crippen molar-refractivity contribution in [2.75, 3.05) is 18.0 Å². The lowest BCUT2D eigenvalue weighted by molar-refractivity contribution is 0.0696. The predicted octanol–water partition coefficient (Wildman–Crippen LogP) is 1.29. The molecule has 7 nitrogen and oxygen atoms in total. The van der Waals surface area contributed by atoms with Gasteiger partial charge in [-0.15, -0.1) is 10.2 Å². The number of aromatic carboxylic acids is 1. The summed E-state index contributed by atoms with van der Waals surface area (Å²) in [5.74, 6) is 1.34. The van der Waals surface area contributed by atoms with Gasteiger partial charge in [-0.05, 0) is 25.0 Å². The molecule has 0 amide bonds. The van der Waals surface area contributed by atoms with Gasteiger partial charge in [-0.2, -0.15) is 0 Å². The van der Waals surface area contributed by atoms with Gasteiger partial charge in [-0.1, -0.05) is 0 Å². The molecule has 1 aliphatic rings. The number of piperidine rings is 1. The Morgan fingerprint density at radius 1 is 1.33 bits per heavy atom. The van der Waals surface area contributed by atoms with Gasteiger partial charge in [0.15, 0.2) is 0 Å². The van der Waals surface area contributed by atoms with E-state index in [-0.39, 0.29) is 5.56 Å². The normalized spacial score (nSPS) is 16.1. The topological polar surface area (TPSA) is 84.1 Å². The molecule has 0 saturated carbocycles. The predicted molar refractivity (Wildman–Crippen MR) is 76.4 cm³/mol. The van der Waals surface area contributed by atoms with E-state index in [1.54, 1.807) is 18.5 Å². The van der Waals surface area contributed by atoms with Crippen molar-refractivity contribution in [2.45, 2.75) is 18.8 Å². The second-order valence-corrected chi connectivity index (χ2v) is 5.27. The molecule has 0 bridgehead atoms. The summed E-state index contributed by atoms with van der Waals surface area (Å²) in [6, 6.07) is 3.37. The van der Waals surface area contributed by atoms with Gasteiger partial charge in [-0.3, -0.25) is 0 Å². The van der Waals surface area contributed by atoms with E-state index >= 15 is 0 Å². The fourth-order valence-corrected chi connectivity index (χ4v) is 2.73. The van der Waals surface area contributed by atoms with Crippen LogP contribution in [0.1, 0.15) is 34.9 Å². The molecule has 2 aromatic heterocycles. The quantitative estimate of drug-likeness (QED) is 0.915. The molecule has 3 rings (SSSR count). The van der Waals surface area contributed by atoms with Crippen molar-refractivity contribution in [1.29, 1.82) is 0 Å². The Morgan fingerprint density at radius 3 is 2.62 bits per heavy atom. The van der Waals surface area contributed by atoms with E-state index in [0.717, 1.165) is 37.6 Å². The molecule has 1 aliphatic heterocycles. The number of rotatable bonds is 3. The molecular formula is C14H17N5O2. The number of anilines is 1. The van der Waals surface area contributed by atoms with Crippen molar-refractivity contribution >= 4 is 11.8 Å². The first-order chi connectivity index (χ1) is 10.1. The number of hydrogen-bond donors (Lipinski definition) is 1. The van der Waals surface area contributed by atoms with Crippen LogP contribution in [0.2, 0.25) is 0 Å². The molecule has 7 heteroatoms. The van der Waals surface area contributed by atoms with Gasteiger partial charge in [0.1, 0.15) is 18.0 Å². The Balaban J connectivity index is 1.65. The first-order valence-corrected chi connectivity index (χ1v) is 6.93. The van der Waals surface area contributed by atoms with Crippen molar-refractivity contribution in [3.63, 3.8) is 0 Å². The second-order valence-electron chi connectivity index (χ2n) is 5.27. The van der Waals surface area contributed by atoms with E-state index in [2.05, 4.69) is 20.1 Å². The summed E-state index contributed by atoms with van der Waals surface area (Å²) in [6.45, 7) is 1.77. The molecule has 0 aromatic carbocycles. The van der Waals surface area contributed by atoms with E-state index in [1.165, 1.54) is 6.20 Å². The summed E-state index contributed by atoms with van der Waals surface area (Å²) in [4.78, 5) is 17.2. The summed E-state index contributed by atoms with van der Waals surface area (Å²) in [6.07, 6.45) is 5.13. The molecule has 1 fully saturated rings. The zero-order valence-electron chi connectivity index (χ0n) is 11.8. The Bertz CT molecular complexity index is 629. The van der Waals surface area contributed by atoms with Crippen molar-refractivity contribution in [3.8, 4) is 0 Å². The van der Waals surface area contributed by atoms with Crippen LogP contribution in [-0.2, 0) is 7.05 Å². The zero-order chi connectivity index (χ0) is 14.8. The lowest BCUT2D eigenvalue weighted by Crippen LogP contribution is -2.34. The van der Waals surface area contributed by atoms with Gasteiger partial charge >= 0.3 is 5.97 Å². The summed E-state index contributed by atoms with van der Waals surface area (Å²) in [7, 11) is 1.97. The molecule has 21 heavy (non-hydrogen) atoms. The highest BCUT2D eigenvalue weighted by molar-refractivity contribution is 5.87. The van der Waals surface area contributed by atoms with Gasteiger partial charge < -0.3 is 14.6 Å². The van der Waals surface area contributed by atoms with Crippen LogP contribution in [0.4, 0.5) is 5.82 Å². The Labute approximate surface area is 122 Å². The molecular weight excluding hydrogens is 270 g/mol. The fraction of sp³-hybridized carbons (Fsp3) is 0.429. The maximum Gasteiger partial charge on any atom is 0.337 e. The van der Waals surface area contributed by atoms with Crippen LogP contribution in [0.3, 0.4) is 0 Å². The molecule has 0 radical (unpaired) electrons. The van der Waals surface area contributed by atoms with Crippen LogP contribution < -0.4 is 4.90 Å². The third kappa shape index (κ3) is 2.72. The molecule has 110 valence electrons. The van der Waals surface area contributed by atoms with Crippen LogP contribution in [-0.4, -0.2) is 43.9 Å². The zero-order valence-corrected chi connectivity index (χ0v) is 11.8. The molecule has 1 N–H and O–H groups in total. The van der Waals surface area contributed by atoms with Crippen LogP contribution in [0.25, 0.3) is 0 Å². The Morgan fingerprint density at radius 2 is 2.10 bits per heavy atom. The van der Waals surface area contributed by atoms with Gasteiger partial charge in [0.25, 0.3) is 0 Å². The monoisotopic (exact) mass is 287 g/mol. The van der Waals surface area contributed by atoms with Gasteiger partial charge in [0.05, 0.1) is 5.56 Å². The maximum atomic E-state index is 10.8. The van der Waals surface area contributed by atoms with Crippen molar-refractivity contribution in [3.05, 3.63) is 36.0 Å². The van der Waals surface area contributed by atoms with Crippen LogP contribution in [0.5, 0.6) is 0 Å². The van der Waals surface area contributed by atoms with Crippen molar-refractivity contribution < 1.29 is 9.90 Å². The van der Waals surface area contributed by atoms with E-state index < -0.39 is 5.97 Å². The van der Waals surface area contributed by atoms with Crippen LogP contribution in [0, 0.1) is 0 Å². The lowest BCUT2D eigenvalue weighted by Gasteiger charge is -2.32. The largest absolute Gasteiger partial charge is 0.478 e. The van der Waals surface area contributed by atoms with E-state index in [9.17, 15) is 4.79 Å². The number of carboxylic acids is 1. The first kappa shape index (κ1) is 13.5. The van der Waals surface area contributed by atoms with Gasteiger partial charge in [0, 0.05) is 32.3 Å². The lowest BCUT2D eigenvalue weighted by atomic mass is 9.96. The molecule has 0 spiro atoms. The number of hydrogen-bond acceptors (Lipinski definition) is 5. The Hall–Kier alpha value is -2.44. The average molecular weight is 287 g/mol. The SMILES string of the molecule is Cn1cnnc1C1CCN(c2ccc(C(=O)O)cn2)CC1. The third-order valence-electron chi connectivity index (χ3n) is 3.93. The van der Waals surface area contributed by atoms with E-state index in [0.29, 0.717) is 5.92 Å². The summed E-state index contributed by atoms with van der Waals surface area (Å²) < 4.78 is 1.97. The minimum absolute atomic E-state index is 0.215. The highest BCUT2D eigenvalue weighted by atomic mass is 16.4. The molecule has 0 unspecified atom stereocenters. The van der Waals surface area contributed by atoms with E-state index in [4.69, 9.17) is 5.11 Å². The first-order valence-electron chi connectivity index (χ1n) is 6.93. The number of aryl methyl sites for hydroxylation is 1. The second kappa shape index (κ2) is 5.51. The smallest absolute Gasteiger partial charge is 0.337 e. The maximum absolute atomic E-state index is 10.8. The molecule has 2 aromatic rings. The highest BCUT2D eigenvalue weighted by Crippen LogP contribution is 2.28. The summed E-state index contributed by atoms with van der Waals surface area (Å²) >= 11 is 0. The Kier molecular flexibility index (Phi) is 3.55. The standard InChI is InChI=1S/C14H17N5O2/c1-18-9-16-17-13(18)10-4-6-19(7-5-10)12-3-2-11(8-15-12)14(20)21/h2-3,8-10H,4-7H2,1H3,(H,20,21). The summed E-state index contributed by atoms with van der Waals surface area (Å²) in [5, 5.41) is 17.0. The van der Waals surface area contributed by atoms with Gasteiger partial charge in [-0.25, -0.2) is 9.78 Å². The van der Waals surface area contributed by atoms with Crippen LogP contribution >= 0.6 is 0 Å². The van der Waals surface area contributed by atoms with Crippen LogP contribution in [0.15, 0.2) is 24.7 Å². The minimum Gasteiger partial charge on any atom is -0.478 e. The molecule has 0 atom stereocenters. The average Bonchev–Trinajstić information content (AvgIpc) is 2.94. The fourth-order valence-electron chi connectivity index (χ4n) is 2.73. The van der Waals surface area contributed by atoms with Crippen molar-refractivity contribution in [1.82, 2.24) is 19.7 Å². The minimum atomic E-state index is -0.949. The third-order valence-corrected chi connectivity index (χ3v) is 3.93. The number of pyridine rings is 1.